The summed E-state index contributed by atoms with van der Waals surface area (Å²) in [6.45, 7) is 9.95. The van der Waals surface area contributed by atoms with Crippen molar-refractivity contribution >= 4 is 14.0 Å². The summed E-state index contributed by atoms with van der Waals surface area (Å²) in [5.74, 6) is 3.87. The molecule has 0 aromatic carbocycles. The van der Waals surface area contributed by atoms with E-state index < -0.39 is 14.2 Å². The summed E-state index contributed by atoms with van der Waals surface area (Å²) < 4.78 is 13.2. The van der Waals surface area contributed by atoms with Gasteiger partial charge in [-0.25, -0.2) is 14.4 Å². The topological polar surface area (TPSA) is 29.0 Å². The number of anilines is 1. The molecular formula is C15H22FN3Si. The fourth-order valence-electron chi connectivity index (χ4n) is 2.06. The standard InChI is InChI=1S/C15H22FN3Si/c1-12-11-14(7-10-20(2,3)4)18-15(17-12)19-8-5-13(16)6-9-19/h11,13H,5-6,8-9H2,1-4H3. The van der Waals surface area contributed by atoms with Crippen molar-refractivity contribution in [3.63, 3.8) is 0 Å². The Morgan fingerprint density at radius 2 is 1.90 bits per heavy atom. The fourth-order valence-corrected chi connectivity index (χ4v) is 2.56. The fraction of sp³-hybridized carbons (Fsp3) is 0.600. The Morgan fingerprint density at radius 3 is 2.50 bits per heavy atom. The van der Waals surface area contributed by atoms with Crippen LogP contribution >= 0.6 is 0 Å². The van der Waals surface area contributed by atoms with E-state index in [1.165, 1.54) is 0 Å². The second-order valence-electron chi connectivity index (χ2n) is 6.36. The van der Waals surface area contributed by atoms with Gasteiger partial charge in [-0.15, -0.1) is 5.54 Å². The Morgan fingerprint density at radius 1 is 1.25 bits per heavy atom. The zero-order valence-electron chi connectivity index (χ0n) is 12.7. The minimum absolute atomic E-state index is 0.563. The molecule has 0 amide bonds. The molecule has 20 heavy (non-hydrogen) atoms. The van der Waals surface area contributed by atoms with Crippen LogP contribution < -0.4 is 4.90 Å². The maximum absolute atomic E-state index is 13.2. The number of hydrogen-bond donors (Lipinski definition) is 0. The largest absolute Gasteiger partial charge is 0.341 e. The second kappa shape index (κ2) is 5.92. The maximum Gasteiger partial charge on any atom is 0.226 e. The van der Waals surface area contributed by atoms with E-state index >= 15 is 0 Å². The Kier molecular flexibility index (Phi) is 4.44. The summed E-state index contributed by atoms with van der Waals surface area (Å²) in [5, 5.41) is 0. The van der Waals surface area contributed by atoms with Crippen LogP contribution in [0.15, 0.2) is 6.07 Å². The third-order valence-electron chi connectivity index (χ3n) is 3.12. The third-order valence-corrected chi connectivity index (χ3v) is 3.99. The maximum atomic E-state index is 13.2. The van der Waals surface area contributed by atoms with Gasteiger partial charge in [-0.05, 0) is 25.8 Å². The van der Waals surface area contributed by atoms with Crippen LogP contribution in [0.1, 0.15) is 24.2 Å². The highest BCUT2D eigenvalue weighted by Crippen LogP contribution is 2.18. The van der Waals surface area contributed by atoms with E-state index in [9.17, 15) is 4.39 Å². The predicted molar refractivity (Wildman–Crippen MR) is 83.3 cm³/mol. The molecule has 1 aliphatic heterocycles. The average Bonchev–Trinajstić information content (AvgIpc) is 2.36. The van der Waals surface area contributed by atoms with Gasteiger partial charge in [0, 0.05) is 18.8 Å². The summed E-state index contributed by atoms with van der Waals surface area (Å²) in [7, 11) is -1.41. The van der Waals surface area contributed by atoms with E-state index in [0.29, 0.717) is 31.9 Å². The molecule has 3 nitrogen and oxygen atoms in total. The number of nitrogens with zero attached hydrogens (tertiary/aromatic N) is 3. The molecule has 0 spiro atoms. The average molecular weight is 291 g/mol. The van der Waals surface area contributed by atoms with Crippen molar-refractivity contribution in [1.29, 1.82) is 0 Å². The van der Waals surface area contributed by atoms with E-state index in [1.54, 1.807) is 0 Å². The van der Waals surface area contributed by atoms with Crippen molar-refractivity contribution in [2.24, 2.45) is 0 Å². The SMILES string of the molecule is Cc1cc(C#C[Si](C)(C)C)nc(N2CCC(F)CC2)n1. The third kappa shape index (κ3) is 4.31. The zero-order valence-corrected chi connectivity index (χ0v) is 13.7. The van der Waals surface area contributed by atoms with Crippen LogP contribution in [0.25, 0.3) is 0 Å². The van der Waals surface area contributed by atoms with Crippen molar-refractivity contribution in [3.8, 4) is 11.5 Å². The number of aromatic nitrogens is 2. The monoisotopic (exact) mass is 291 g/mol. The lowest BCUT2D eigenvalue weighted by atomic mass is 10.1. The highest BCUT2D eigenvalue weighted by Gasteiger charge is 2.20. The highest BCUT2D eigenvalue weighted by atomic mass is 28.3. The van der Waals surface area contributed by atoms with E-state index in [1.807, 2.05) is 13.0 Å². The van der Waals surface area contributed by atoms with Gasteiger partial charge in [0.1, 0.15) is 19.9 Å². The Balaban J connectivity index is 2.22. The molecule has 108 valence electrons. The van der Waals surface area contributed by atoms with Gasteiger partial charge in [0.05, 0.1) is 0 Å². The Bertz CT molecular complexity index is 534. The molecule has 1 aromatic rings. The van der Waals surface area contributed by atoms with E-state index in [-0.39, 0.29) is 0 Å². The van der Waals surface area contributed by atoms with Gasteiger partial charge in [-0.1, -0.05) is 25.6 Å². The van der Waals surface area contributed by atoms with Gasteiger partial charge in [0.2, 0.25) is 5.95 Å². The Labute approximate surface area is 121 Å². The quantitative estimate of drug-likeness (QED) is 0.588. The number of halogens is 1. The van der Waals surface area contributed by atoms with Crippen LogP contribution in [0, 0.1) is 18.4 Å². The van der Waals surface area contributed by atoms with E-state index in [4.69, 9.17) is 0 Å². The molecular weight excluding hydrogens is 269 g/mol. The second-order valence-corrected chi connectivity index (χ2v) is 11.1. The van der Waals surface area contributed by atoms with Gasteiger partial charge < -0.3 is 4.90 Å². The molecule has 0 atom stereocenters. The van der Waals surface area contributed by atoms with Crippen LogP contribution in [0.4, 0.5) is 10.3 Å². The summed E-state index contributed by atoms with van der Waals surface area (Å²) in [6, 6.07) is 1.92. The van der Waals surface area contributed by atoms with Crippen LogP contribution in [-0.2, 0) is 0 Å². The van der Waals surface area contributed by atoms with E-state index in [0.717, 1.165) is 11.4 Å². The zero-order chi connectivity index (χ0) is 14.8. The van der Waals surface area contributed by atoms with E-state index in [2.05, 4.69) is 46.0 Å². The molecule has 5 heteroatoms. The molecule has 0 unspecified atom stereocenters. The molecule has 0 N–H and O–H groups in total. The number of piperidine rings is 1. The van der Waals surface area contributed by atoms with Gasteiger partial charge >= 0.3 is 0 Å². The first-order chi connectivity index (χ1) is 9.33. The van der Waals surface area contributed by atoms with Crippen LogP contribution in [0.5, 0.6) is 0 Å². The van der Waals surface area contributed by atoms with Crippen molar-refractivity contribution in [3.05, 3.63) is 17.5 Å². The lowest BCUT2D eigenvalue weighted by Crippen LogP contribution is -2.35. The van der Waals surface area contributed by atoms with Crippen LogP contribution in [0.2, 0.25) is 19.6 Å². The minimum atomic E-state index is -1.41. The number of aryl methyl sites for hydroxylation is 1. The number of hydrogen-bond acceptors (Lipinski definition) is 3. The van der Waals surface area contributed by atoms with Gasteiger partial charge in [-0.3, -0.25) is 0 Å². The summed E-state index contributed by atoms with van der Waals surface area (Å²) in [4.78, 5) is 11.0. The normalized spacial score (nSPS) is 16.8. The summed E-state index contributed by atoms with van der Waals surface area (Å²) in [5.41, 5.74) is 5.01. The van der Waals surface area contributed by atoms with Crippen LogP contribution in [0.3, 0.4) is 0 Å². The van der Waals surface area contributed by atoms with Crippen molar-refractivity contribution in [1.82, 2.24) is 9.97 Å². The first kappa shape index (κ1) is 15.0. The van der Waals surface area contributed by atoms with Crippen LogP contribution in [-0.4, -0.2) is 37.3 Å². The smallest absolute Gasteiger partial charge is 0.226 e. The molecule has 0 saturated carbocycles. The Hall–Kier alpha value is -1.41. The molecule has 1 fully saturated rings. The molecule has 0 radical (unpaired) electrons. The summed E-state index contributed by atoms with van der Waals surface area (Å²) >= 11 is 0. The minimum Gasteiger partial charge on any atom is -0.341 e. The molecule has 0 bridgehead atoms. The van der Waals surface area contributed by atoms with Crippen molar-refractivity contribution in [2.45, 2.75) is 45.6 Å². The highest BCUT2D eigenvalue weighted by molar-refractivity contribution is 6.83. The van der Waals surface area contributed by atoms with Crippen molar-refractivity contribution < 1.29 is 4.39 Å². The first-order valence-electron chi connectivity index (χ1n) is 7.11. The molecule has 1 aromatic heterocycles. The van der Waals surface area contributed by atoms with Gasteiger partial charge in [0.15, 0.2) is 0 Å². The lowest BCUT2D eigenvalue weighted by Gasteiger charge is -2.28. The van der Waals surface area contributed by atoms with Gasteiger partial charge in [0.25, 0.3) is 0 Å². The number of alkyl halides is 1. The predicted octanol–water partition coefficient (Wildman–Crippen LogP) is 2.95. The summed E-state index contributed by atoms with van der Waals surface area (Å²) in [6.07, 6.45) is 0.447. The first-order valence-corrected chi connectivity index (χ1v) is 10.6. The molecule has 1 saturated heterocycles. The lowest BCUT2D eigenvalue weighted by molar-refractivity contribution is 0.276. The van der Waals surface area contributed by atoms with Gasteiger partial charge in [-0.2, -0.15) is 0 Å². The molecule has 1 aliphatic rings. The number of rotatable bonds is 1. The van der Waals surface area contributed by atoms with Crippen molar-refractivity contribution in [2.75, 3.05) is 18.0 Å². The molecule has 2 rings (SSSR count). The molecule has 0 aliphatic carbocycles. The molecule has 2 heterocycles.